The van der Waals surface area contributed by atoms with Gasteiger partial charge in [0.05, 0.1) is 0 Å². The highest BCUT2D eigenvalue weighted by molar-refractivity contribution is 5.81. The molecule has 1 aromatic heterocycles. The van der Waals surface area contributed by atoms with E-state index in [4.69, 9.17) is 9.15 Å². The van der Waals surface area contributed by atoms with Crippen molar-refractivity contribution in [3.8, 4) is 5.75 Å². The summed E-state index contributed by atoms with van der Waals surface area (Å²) in [6.45, 7) is 5.56. The molecule has 0 unspecified atom stereocenters. The molecule has 2 aromatic carbocycles. The van der Waals surface area contributed by atoms with E-state index in [1.165, 1.54) is 12.1 Å². The Labute approximate surface area is 151 Å². The SMILES string of the molecule is Cc1cc2oc(=O)cc(CN(C)CCOc3ccccc3F)c2cc1C. The van der Waals surface area contributed by atoms with Gasteiger partial charge in [-0.1, -0.05) is 12.1 Å². The standard InChI is InChI=1S/C21H22FNO3/c1-14-10-17-16(12-21(24)26-20(17)11-15(14)2)13-23(3)8-9-25-19-7-5-4-6-18(19)22/h4-7,10-12H,8-9,13H2,1-3H3. The van der Waals surface area contributed by atoms with Crippen molar-refractivity contribution in [2.75, 3.05) is 20.2 Å². The van der Waals surface area contributed by atoms with Crippen molar-refractivity contribution >= 4 is 11.0 Å². The van der Waals surface area contributed by atoms with Gasteiger partial charge in [-0.15, -0.1) is 0 Å². The van der Waals surface area contributed by atoms with Crippen molar-refractivity contribution in [1.29, 1.82) is 0 Å². The maximum absolute atomic E-state index is 13.6. The summed E-state index contributed by atoms with van der Waals surface area (Å²) in [4.78, 5) is 13.9. The average molecular weight is 355 g/mol. The first-order valence-electron chi connectivity index (χ1n) is 8.54. The highest BCUT2D eigenvalue weighted by Gasteiger charge is 2.10. The first kappa shape index (κ1) is 18.1. The Balaban J connectivity index is 1.71. The van der Waals surface area contributed by atoms with Crippen LogP contribution in [0.1, 0.15) is 16.7 Å². The predicted molar refractivity (Wildman–Crippen MR) is 100 cm³/mol. The first-order valence-corrected chi connectivity index (χ1v) is 8.54. The molecule has 0 amide bonds. The van der Waals surface area contributed by atoms with Gasteiger partial charge in [0.2, 0.25) is 0 Å². The molecule has 0 aliphatic heterocycles. The number of likely N-dealkylation sites (N-methyl/N-ethyl adjacent to an activating group) is 1. The molecule has 0 radical (unpaired) electrons. The van der Waals surface area contributed by atoms with E-state index in [2.05, 4.69) is 0 Å². The Hall–Kier alpha value is -2.66. The Morgan fingerprint density at radius 3 is 2.62 bits per heavy atom. The fourth-order valence-corrected chi connectivity index (χ4v) is 2.86. The number of fused-ring (bicyclic) bond motifs is 1. The van der Waals surface area contributed by atoms with E-state index >= 15 is 0 Å². The molecule has 3 aromatic rings. The highest BCUT2D eigenvalue weighted by atomic mass is 19.1. The zero-order valence-corrected chi connectivity index (χ0v) is 15.2. The van der Waals surface area contributed by atoms with E-state index in [0.717, 1.165) is 22.1 Å². The lowest BCUT2D eigenvalue weighted by Gasteiger charge is -2.18. The van der Waals surface area contributed by atoms with E-state index in [-0.39, 0.29) is 17.2 Å². The van der Waals surface area contributed by atoms with Crippen LogP contribution in [0.2, 0.25) is 0 Å². The Kier molecular flexibility index (Phi) is 5.38. The first-order chi connectivity index (χ1) is 12.4. The maximum Gasteiger partial charge on any atom is 0.336 e. The van der Waals surface area contributed by atoms with Crippen LogP contribution in [-0.2, 0) is 6.54 Å². The van der Waals surface area contributed by atoms with E-state index in [9.17, 15) is 9.18 Å². The average Bonchev–Trinajstić information content (AvgIpc) is 2.58. The molecule has 3 rings (SSSR count). The summed E-state index contributed by atoms with van der Waals surface area (Å²) in [5, 5.41) is 0.939. The van der Waals surface area contributed by atoms with Gasteiger partial charge < -0.3 is 9.15 Å². The van der Waals surface area contributed by atoms with E-state index in [1.54, 1.807) is 18.2 Å². The van der Waals surface area contributed by atoms with Crippen molar-refractivity contribution in [3.63, 3.8) is 0 Å². The van der Waals surface area contributed by atoms with Crippen molar-refractivity contribution in [3.05, 3.63) is 75.4 Å². The highest BCUT2D eigenvalue weighted by Crippen LogP contribution is 2.22. The molecule has 0 fully saturated rings. The Morgan fingerprint density at radius 2 is 1.85 bits per heavy atom. The lowest BCUT2D eigenvalue weighted by atomic mass is 10.0. The van der Waals surface area contributed by atoms with Crippen molar-refractivity contribution in [2.45, 2.75) is 20.4 Å². The second-order valence-corrected chi connectivity index (χ2v) is 6.54. The van der Waals surface area contributed by atoms with Crippen LogP contribution in [0.4, 0.5) is 4.39 Å². The minimum Gasteiger partial charge on any atom is -0.489 e. The second-order valence-electron chi connectivity index (χ2n) is 6.54. The summed E-state index contributed by atoms with van der Waals surface area (Å²) in [5.41, 5.74) is 3.40. The molecule has 0 bridgehead atoms. The topological polar surface area (TPSA) is 42.7 Å². The molecular formula is C21H22FNO3. The summed E-state index contributed by atoms with van der Waals surface area (Å²) in [7, 11) is 1.94. The number of rotatable bonds is 6. The molecule has 26 heavy (non-hydrogen) atoms. The molecule has 1 heterocycles. The number of hydrogen-bond donors (Lipinski definition) is 0. The molecule has 136 valence electrons. The predicted octanol–water partition coefficient (Wildman–Crippen LogP) is 4.06. The third-order valence-corrected chi connectivity index (χ3v) is 4.45. The zero-order valence-electron chi connectivity index (χ0n) is 15.2. The summed E-state index contributed by atoms with van der Waals surface area (Å²) < 4.78 is 24.4. The van der Waals surface area contributed by atoms with Crippen LogP contribution in [0.3, 0.4) is 0 Å². The van der Waals surface area contributed by atoms with Gasteiger partial charge in [0.25, 0.3) is 0 Å². The molecule has 0 aliphatic rings. The number of ether oxygens (including phenoxy) is 1. The smallest absolute Gasteiger partial charge is 0.336 e. The summed E-state index contributed by atoms with van der Waals surface area (Å²) >= 11 is 0. The molecule has 0 saturated heterocycles. The minimum absolute atomic E-state index is 0.248. The van der Waals surface area contributed by atoms with Crippen LogP contribution >= 0.6 is 0 Å². The monoisotopic (exact) mass is 355 g/mol. The minimum atomic E-state index is -0.368. The normalized spacial score (nSPS) is 11.3. The van der Waals surface area contributed by atoms with Crippen molar-refractivity contribution in [1.82, 2.24) is 4.90 Å². The van der Waals surface area contributed by atoms with Gasteiger partial charge in [-0.05, 0) is 61.9 Å². The largest absolute Gasteiger partial charge is 0.489 e. The van der Waals surface area contributed by atoms with Crippen molar-refractivity contribution < 1.29 is 13.5 Å². The van der Waals surface area contributed by atoms with Gasteiger partial charge in [0.15, 0.2) is 11.6 Å². The Morgan fingerprint density at radius 1 is 1.12 bits per heavy atom. The van der Waals surface area contributed by atoms with Crippen LogP contribution in [0.5, 0.6) is 5.75 Å². The zero-order chi connectivity index (χ0) is 18.7. The summed E-state index contributed by atoms with van der Waals surface area (Å²) in [5.74, 6) is -0.120. The lowest BCUT2D eigenvalue weighted by molar-refractivity contribution is 0.227. The fraction of sp³-hybridized carbons (Fsp3) is 0.286. The van der Waals surface area contributed by atoms with Gasteiger partial charge in [-0.2, -0.15) is 0 Å². The van der Waals surface area contributed by atoms with Gasteiger partial charge in [-0.25, -0.2) is 9.18 Å². The number of hydrogen-bond acceptors (Lipinski definition) is 4. The van der Waals surface area contributed by atoms with Gasteiger partial charge in [0, 0.05) is 24.5 Å². The van der Waals surface area contributed by atoms with Crippen LogP contribution in [0.25, 0.3) is 11.0 Å². The van der Waals surface area contributed by atoms with Crippen LogP contribution in [-0.4, -0.2) is 25.1 Å². The van der Waals surface area contributed by atoms with Crippen LogP contribution in [0.15, 0.2) is 51.7 Å². The van der Waals surface area contributed by atoms with Gasteiger partial charge >= 0.3 is 5.63 Å². The second kappa shape index (κ2) is 7.70. The third kappa shape index (κ3) is 4.11. The third-order valence-electron chi connectivity index (χ3n) is 4.45. The molecule has 0 spiro atoms. The van der Waals surface area contributed by atoms with E-state index in [1.807, 2.05) is 37.9 Å². The quantitative estimate of drug-likeness (QED) is 0.626. The Bertz CT molecular complexity index is 981. The molecule has 5 heteroatoms. The van der Waals surface area contributed by atoms with Crippen molar-refractivity contribution in [2.24, 2.45) is 0 Å². The lowest BCUT2D eigenvalue weighted by Crippen LogP contribution is -2.24. The van der Waals surface area contributed by atoms with Crippen LogP contribution < -0.4 is 10.4 Å². The molecule has 0 atom stereocenters. The molecule has 0 N–H and O–H groups in total. The maximum atomic E-state index is 13.6. The fourth-order valence-electron chi connectivity index (χ4n) is 2.86. The van der Waals surface area contributed by atoms with Gasteiger partial charge in [0.1, 0.15) is 12.2 Å². The number of para-hydroxylation sites is 1. The van der Waals surface area contributed by atoms with E-state index in [0.29, 0.717) is 25.3 Å². The van der Waals surface area contributed by atoms with E-state index < -0.39 is 0 Å². The number of halogens is 1. The molecule has 4 nitrogen and oxygen atoms in total. The molecule has 0 saturated carbocycles. The summed E-state index contributed by atoms with van der Waals surface area (Å²) in [6.07, 6.45) is 0. The number of nitrogens with zero attached hydrogens (tertiary/aromatic N) is 1. The summed E-state index contributed by atoms with van der Waals surface area (Å²) in [6, 6.07) is 11.8. The number of aryl methyl sites for hydroxylation is 2. The molecule has 0 aliphatic carbocycles. The molecular weight excluding hydrogens is 333 g/mol. The number of benzene rings is 2. The van der Waals surface area contributed by atoms with Gasteiger partial charge in [-0.3, -0.25) is 4.90 Å². The van der Waals surface area contributed by atoms with Crippen LogP contribution in [0, 0.1) is 19.7 Å².